The Labute approximate surface area is 195 Å². The third-order valence-electron chi connectivity index (χ3n) is 11.0. The number of hydrogen-bond acceptors (Lipinski definition) is 3. The molecular formula is C28H46N2S. The van der Waals surface area contributed by atoms with Crippen LogP contribution < -0.4 is 5.73 Å². The van der Waals surface area contributed by atoms with Gasteiger partial charge in [0.25, 0.3) is 0 Å². The van der Waals surface area contributed by atoms with Gasteiger partial charge in [-0.2, -0.15) is 0 Å². The highest BCUT2D eigenvalue weighted by Crippen LogP contribution is 2.68. The van der Waals surface area contributed by atoms with Crippen molar-refractivity contribution in [2.24, 2.45) is 52.3 Å². The average Bonchev–Trinajstić information content (AvgIpc) is 3.23. The van der Waals surface area contributed by atoms with Crippen LogP contribution in [0, 0.1) is 52.3 Å². The molecule has 0 aromatic carbocycles. The van der Waals surface area contributed by atoms with Gasteiger partial charge in [0.05, 0.1) is 5.69 Å². The Morgan fingerprint density at radius 3 is 2.55 bits per heavy atom. The Kier molecular flexibility index (Phi) is 5.76. The molecule has 0 saturated heterocycles. The maximum atomic E-state index is 6.11. The van der Waals surface area contributed by atoms with E-state index >= 15 is 0 Å². The van der Waals surface area contributed by atoms with Crippen LogP contribution in [0.4, 0.5) is 5.13 Å². The summed E-state index contributed by atoms with van der Waals surface area (Å²) in [4.78, 5) is 6.22. The van der Waals surface area contributed by atoms with Crippen LogP contribution in [0.5, 0.6) is 0 Å². The molecule has 4 aliphatic carbocycles. The predicted octanol–water partition coefficient (Wildman–Crippen LogP) is 7.76. The fourth-order valence-electron chi connectivity index (χ4n) is 9.45. The summed E-state index contributed by atoms with van der Waals surface area (Å²) in [5.41, 5.74) is 8.55. The first-order valence-electron chi connectivity index (χ1n) is 13.5. The van der Waals surface area contributed by atoms with Gasteiger partial charge in [0.2, 0.25) is 0 Å². The SMILES string of the molecule is CC(C)CCC[C@@H](C)[C@H]1CC[C@H]2[C@@H]3CC[C@H]4Cc5nc(N)sc5C[C@]4(C)[C@H]3CC[C@]12C. The highest BCUT2D eigenvalue weighted by atomic mass is 32.1. The van der Waals surface area contributed by atoms with Crippen molar-refractivity contribution in [1.82, 2.24) is 4.98 Å². The summed E-state index contributed by atoms with van der Waals surface area (Å²) in [6.07, 6.45) is 15.6. The van der Waals surface area contributed by atoms with E-state index in [1.807, 2.05) is 0 Å². The smallest absolute Gasteiger partial charge is 0.180 e. The van der Waals surface area contributed by atoms with Crippen molar-refractivity contribution in [3.05, 3.63) is 10.6 Å². The van der Waals surface area contributed by atoms with Crippen LogP contribution in [-0.4, -0.2) is 4.98 Å². The van der Waals surface area contributed by atoms with Crippen LogP contribution in [-0.2, 0) is 12.8 Å². The second-order valence-electron chi connectivity index (χ2n) is 13.0. The average molecular weight is 443 g/mol. The van der Waals surface area contributed by atoms with Crippen molar-refractivity contribution in [3.8, 4) is 0 Å². The molecule has 3 fully saturated rings. The van der Waals surface area contributed by atoms with E-state index in [0.717, 1.165) is 46.6 Å². The number of fused-ring (bicyclic) bond motifs is 6. The van der Waals surface area contributed by atoms with E-state index in [1.54, 1.807) is 11.3 Å². The Hall–Kier alpha value is -0.570. The molecule has 2 N–H and O–H groups in total. The Morgan fingerprint density at radius 1 is 1.00 bits per heavy atom. The first-order valence-corrected chi connectivity index (χ1v) is 14.3. The van der Waals surface area contributed by atoms with Gasteiger partial charge in [0, 0.05) is 4.88 Å². The minimum atomic E-state index is 0.483. The third kappa shape index (κ3) is 3.60. The Bertz CT molecular complexity index is 799. The topological polar surface area (TPSA) is 38.9 Å². The molecule has 1 heterocycles. The van der Waals surface area contributed by atoms with Crippen LogP contribution in [0.15, 0.2) is 0 Å². The fourth-order valence-corrected chi connectivity index (χ4v) is 10.5. The van der Waals surface area contributed by atoms with Crippen molar-refractivity contribution >= 4 is 16.5 Å². The second-order valence-corrected chi connectivity index (χ2v) is 14.1. The molecule has 31 heavy (non-hydrogen) atoms. The summed E-state index contributed by atoms with van der Waals surface area (Å²) >= 11 is 1.78. The molecule has 0 unspecified atom stereocenters. The maximum absolute atomic E-state index is 6.11. The van der Waals surface area contributed by atoms with Crippen LogP contribution >= 0.6 is 11.3 Å². The molecule has 5 rings (SSSR count). The van der Waals surface area contributed by atoms with Crippen LogP contribution in [0.3, 0.4) is 0 Å². The molecule has 0 aliphatic heterocycles. The summed E-state index contributed by atoms with van der Waals surface area (Å²) in [5, 5.41) is 0.796. The molecule has 0 radical (unpaired) electrons. The van der Waals surface area contributed by atoms with E-state index in [9.17, 15) is 0 Å². The summed E-state index contributed by atoms with van der Waals surface area (Å²) in [6.45, 7) is 12.7. The number of nitrogen functional groups attached to an aromatic ring is 1. The Morgan fingerprint density at radius 2 is 1.77 bits per heavy atom. The molecule has 1 aromatic heterocycles. The minimum Gasteiger partial charge on any atom is -0.375 e. The van der Waals surface area contributed by atoms with Gasteiger partial charge >= 0.3 is 0 Å². The number of hydrogen-bond donors (Lipinski definition) is 1. The standard InChI is InChI=1S/C28H46N2S/c1-17(2)7-6-8-18(3)21-11-12-22-20-10-9-19-15-24-25(31-26(29)30-24)16-28(19,5)23(20)13-14-27(21,22)4/h17-23H,6-16H2,1-5H3,(H2,29,30)/t18-,19+,20+,21-,22+,23+,27-,28+/m1/s1. The first-order chi connectivity index (χ1) is 14.7. The lowest BCUT2D eigenvalue weighted by Gasteiger charge is -2.60. The molecule has 3 saturated carbocycles. The quantitative estimate of drug-likeness (QED) is 0.506. The van der Waals surface area contributed by atoms with Crippen molar-refractivity contribution in [2.45, 2.75) is 105 Å². The first kappa shape index (κ1) is 22.2. The Balaban J connectivity index is 1.33. The minimum absolute atomic E-state index is 0.483. The van der Waals surface area contributed by atoms with Crippen molar-refractivity contribution in [3.63, 3.8) is 0 Å². The molecule has 8 atom stereocenters. The zero-order valence-corrected chi connectivity index (χ0v) is 21.6. The van der Waals surface area contributed by atoms with Gasteiger partial charge in [0.15, 0.2) is 5.13 Å². The molecule has 174 valence electrons. The predicted molar refractivity (Wildman–Crippen MR) is 133 cm³/mol. The molecule has 0 bridgehead atoms. The van der Waals surface area contributed by atoms with Crippen LogP contribution in [0.1, 0.15) is 103 Å². The summed E-state index contributed by atoms with van der Waals surface area (Å²) in [5.74, 6) is 6.45. The number of aromatic nitrogens is 1. The monoisotopic (exact) mass is 442 g/mol. The maximum Gasteiger partial charge on any atom is 0.180 e. The number of anilines is 1. The molecule has 3 heteroatoms. The van der Waals surface area contributed by atoms with E-state index in [-0.39, 0.29) is 0 Å². The zero-order valence-electron chi connectivity index (χ0n) is 20.8. The van der Waals surface area contributed by atoms with Gasteiger partial charge in [-0.15, -0.1) is 11.3 Å². The molecule has 2 nitrogen and oxygen atoms in total. The lowest BCUT2D eigenvalue weighted by molar-refractivity contribution is -0.103. The largest absolute Gasteiger partial charge is 0.375 e. The number of thiazole rings is 1. The highest BCUT2D eigenvalue weighted by Gasteiger charge is 2.60. The summed E-state index contributed by atoms with van der Waals surface area (Å²) < 4.78 is 0. The number of nitrogens with zero attached hydrogens (tertiary/aromatic N) is 1. The van der Waals surface area contributed by atoms with Gasteiger partial charge in [-0.25, -0.2) is 4.98 Å². The van der Waals surface area contributed by atoms with E-state index in [1.165, 1.54) is 81.2 Å². The number of rotatable bonds is 5. The molecule has 0 amide bonds. The van der Waals surface area contributed by atoms with E-state index in [4.69, 9.17) is 10.7 Å². The molecule has 0 spiro atoms. The van der Waals surface area contributed by atoms with Gasteiger partial charge in [-0.3, -0.25) is 0 Å². The lowest BCUT2D eigenvalue weighted by atomic mass is 9.45. The van der Waals surface area contributed by atoms with Crippen LogP contribution in [0.25, 0.3) is 0 Å². The second kappa shape index (κ2) is 8.03. The van der Waals surface area contributed by atoms with Crippen molar-refractivity contribution in [2.75, 3.05) is 5.73 Å². The van der Waals surface area contributed by atoms with Crippen molar-refractivity contribution < 1.29 is 0 Å². The van der Waals surface area contributed by atoms with Gasteiger partial charge in [-0.1, -0.05) is 53.9 Å². The van der Waals surface area contributed by atoms with Gasteiger partial charge in [0.1, 0.15) is 0 Å². The zero-order chi connectivity index (χ0) is 22.0. The fraction of sp³-hybridized carbons (Fsp3) is 0.893. The van der Waals surface area contributed by atoms with Gasteiger partial charge in [-0.05, 0) is 104 Å². The number of nitrogens with two attached hydrogens (primary N) is 1. The normalized spacial score (nSPS) is 42.6. The molecular weight excluding hydrogens is 396 g/mol. The van der Waals surface area contributed by atoms with Crippen molar-refractivity contribution in [1.29, 1.82) is 0 Å². The van der Waals surface area contributed by atoms with E-state index in [2.05, 4.69) is 34.6 Å². The highest BCUT2D eigenvalue weighted by molar-refractivity contribution is 7.15. The van der Waals surface area contributed by atoms with E-state index < -0.39 is 0 Å². The summed E-state index contributed by atoms with van der Waals surface area (Å²) in [6, 6.07) is 0. The van der Waals surface area contributed by atoms with E-state index in [0.29, 0.717) is 10.8 Å². The molecule has 1 aromatic rings. The third-order valence-corrected chi connectivity index (χ3v) is 12.0. The van der Waals surface area contributed by atoms with Gasteiger partial charge < -0.3 is 5.73 Å². The molecule has 4 aliphatic rings. The lowest BCUT2D eigenvalue weighted by Crippen LogP contribution is -2.54. The van der Waals surface area contributed by atoms with Crippen LogP contribution in [0.2, 0.25) is 0 Å². The summed E-state index contributed by atoms with van der Waals surface area (Å²) in [7, 11) is 0.